The van der Waals surface area contributed by atoms with Crippen LogP contribution < -0.4 is 4.74 Å². The molecular formula is C27H34N2O4. The van der Waals surface area contributed by atoms with E-state index >= 15 is 0 Å². The van der Waals surface area contributed by atoms with Crippen LogP contribution in [0.2, 0.25) is 0 Å². The number of amides is 1. The van der Waals surface area contributed by atoms with Gasteiger partial charge in [-0.15, -0.1) is 0 Å². The van der Waals surface area contributed by atoms with Gasteiger partial charge in [0.25, 0.3) is 11.7 Å². The van der Waals surface area contributed by atoms with Gasteiger partial charge in [0.2, 0.25) is 0 Å². The van der Waals surface area contributed by atoms with Gasteiger partial charge in [-0.25, -0.2) is 0 Å². The lowest BCUT2D eigenvalue weighted by atomic mass is 9.93. The van der Waals surface area contributed by atoms with E-state index in [1.807, 2.05) is 56.3 Å². The highest BCUT2D eigenvalue weighted by atomic mass is 16.5. The highest BCUT2D eigenvalue weighted by molar-refractivity contribution is 6.46. The third-order valence-electron chi connectivity index (χ3n) is 6.39. The Morgan fingerprint density at radius 2 is 1.79 bits per heavy atom. The maximum atomic E-state index is 13.3. The van der Waals surface area contributed by atoms with E-state index in [0.29, 0.717) is 23.4 Å². The van der Waals surface area contributed by atoms with Crippen molar-refractivity contribution in [1.29, 1.82) is 0 Å². The van der Waals surface area contributed by atoms with Crippen LogP contribution in [0.4, 0.5) is 0 Å². The molecule has 1 N–H and O–H groups in total. The van der Waals surface area contributed by atoms with Crippen LogP contribution in [-0.2, 0) is 9.59 Å². The molecule has 1 unspecified atom stereocenters. The van der Waals surface area contributed by atoms with Gasteiger partial charge in [0.15, 0.2) is 0 Å². The first kappa shape index (κ1) is 24.5. The Labute approximate surface area is 196 Å². The molecule has 0 aliphatic carbocycles. The summed E-state index contributed by atoms with van der Waals surface area (Å²) in [6, 6.07) is 12.4. The van der Waals surface area contributed by atoms with E-state index in [0.717, 1.165) is 37.2 Å². The number of methoxy groups -OCH3 is 1. The smallest absolute Gasteiger partial charge is 0.295 e. The summed E-state index contributed by atoms with van der Waals surface area (Å²) in [4.78, 5) is 30.3. The predicted molar refractivity (Wildman–Crippen MR) is 130 cm³/mol. The fraction of sp³-hybridized carbons (Fsp3) is 0.407. The van der Waals surface area contributed by atoms with Crippen LogP contribution in [0.3, 0.4) is 0 Å². The van der Waals surface area contributed by atoms with Gasteiger partial charge in [-0.1, -0.05) is 49.7 Å². The minimum absolute atomic E-state index is 0.112. The normalized spacial score (nSPS) is 17.8. The zero-order valence-electron chi connectivity index (χ0n) is 20.2. The van der Waals surface area contributed by atoms with Crippen LogP contribution in [-0.4, -0.2) is 59.9 Å². The molecule has 0 aromatic heterocycles. The first-order chi connectivity index (χ1) is 15.8. The summed E-state index contributed by atoms with van der Waals surface area (Å²) in [5.74, 6) is -0.814. The fourth-order valence-electron chi connectivity index (χ4n) is 4.47. The maximum Gasteiger partial charge on any atom is 0.295 e. The summed E-state index contributed by atoms with van der Waals surface area (Å²) in [5.41, 5.74) is 3.17. The molecule has 1 saturated heterocycles. The van der Waals surface area contributed by atoms with Crippen molar-refractivity contribution in [2.45, 2.75) is 40.2 Å². The van der Waals surface area contributed by atoms with E-state index < -0.39 is 17.7 Å². The van der Waals surface area contributed by atoms with E-state index in [1.54, 1.807) is 12.0 Å². The van der Waals surface area contributed by atoms with Gasteiger partial charge in [-0.05, 0) is 57.6 Å². The lowest BCUT2D eigenvalue weighted by Crippen LogP contribution is -2.33. The maximum absolute atomic E-state index is 13.3. The monoisotopic (exact) mass is 450 g/mol. The summed E-state index contributed by atoms with van der Waals surface area (Å²) < 4.78 is 5.57. The molecule has 1 amide bonds. The lowest BCUT2D eigenvalue weighted by molar-refractivity contribution is -0.140. The number of aryl methyl sites for hydroxylation is 2. The number of carbonyl (C=O) groups is 2. The number of carbonyl (C=O) groups excluding carboxylic acids is 2. The van der Waals surface area contributed by atoms with E-state index in [1.165, 1.54) is 0 Å². The number of nitrogens with zero attached hydrogens (tertiary/aromatic N) is 2. The lowest BCUT2D eigenvalue weighted by Gasteiger charge is -2.27. The third kappa shape index (κ3) is 4.96. The van der Waals surface area contributed by atoms with Crippen molar-refractivity contribution in [2.75, 3.05) is 33.3 Å². The molecule has 6 nitrogen and oxygen atoms in total. The number of ether oxygens (including phenoxy) is 1. The highest BCUT2D eigenvalue weighted by Gasteiger charge is 2.46. The van der Waals surface area contributed by atoms with Gasteiger partial charge in [0.1, 0.15) is 11.5 Å². The standard InChI is InChI=1S/C27H34N2O4/c1-6-28(7-2)15-10-16-29-24(20-11-8-9-12-22(20)33-5)23(26(31)27(29)32)25(30)21-17-18(3)13-14-19(21)4/h8-9,11-14,17,24,30H,6-7,10,15-16H2,1-5H3/b25-23+. The van der Waals surface area contributed by atoms with Crippen LogP contribution in [0.1, 0.15) is 48.6 Å². The van der Waals surface area contributed by atoms with Crippen LogP contribution in [0.25, 0.3) is 5.76 Å². The second kappa shape index (κ2) is 10.7. The number of aliphatic hydroxyl groups excluding tert-OH is 1. The quantitative estimate of drug-likeness (QED) is 0.347. The van der Waals surface area contributed by atoms with E-state index in [9.17, 15) is 14.7 Å². The molecule has 0 spiro atoms. The van der Waals surface area contributed by atoms with Gasteiger partial charge in [0, 0.05) is 17.7 Å². The summed E-state index contributed by atoms with van der Waals surface area (Å²) in [6.07, 6.45) is 0.726. The van der Waals surface area contributed by atoms with Crippen molar-refractivity contribution in [1.82, 2.24) is 9.80 Å². The molecule has 0 saturated carbocycles. The molecule has 0 bridgehead atoms. The Balaban J connectivity index is 2.12. The first-order valence-corrected chi connectivity index (χ1v) is 11.5. The number of para-hydroxylation sites is 1. The van der Waals surface area contributed by atoms with Gasteiger partial charge >= 0.3 is 0 Å². The van der Waals surface area contributed by atoms with Crippen LogP contribution in [0, 0.1) is 13.8 Å². The molecule has 1 fully saturated rings. The molecule has 1 heterocycles. The number of likely N-dealkylation sites (tertiary alicyclic amines) is 1. The van der Waals surface area contributed by atoms with Crippen molar-refractivity contribution in [3.63, 3.8) is 0 Å². The summed E-state index contributed by atoms with van der Waals surface area (Å²) in [6.45, 7) is 11.1. The highest BCUT2D eigenvalue weighted by Crippen LogP contribution is 2.43. The summed E-state index contributed by atoms with van der Waals surface area (Å²) in [7, 11) is 1.57. The molecule has 0 radical (unpaired) electrons. The second-order valence-electron chi connectivity index (χ2n) is 8.43. The number of rotatable bonds is 9. The molecule has 6 heteroatoms. The molecule has 2 aromatic rings. The zero-order valence-corrected chi connectivity index (χ0v) is 20.2. The molecule has 1 aliphatic rings. The molecule has 176 valence electrons. The predicted octanol–water partition coefficient (Wildman–Crippen LogP) is 4.47. The number of Topliss-reactive ketones (excluding diaryl/α,β-unsaturated/α-hetero) is 1. The summed E-state index contributed by atoms with van der Waals surface area (Å²) >= 11 is 0. The zero-order chi connectivity index (χ0) is 24.1. The largest absolute Gasteiger partial charge is 0.507 e. The van der Waals surface area contributed by atoms with Gasteiger partial charge in [-0.2, -0.15) is 0 Å². The molecule has 1 atom stereocenters. The second-order valence-corrected chi connectivity index (χ2v) is 8.43. The number of aliphatic hydroxyl groups is 1. The number of ketones is 1. The molecular weight excluding hydrogens is 416 g/mol. The number of hydrogen-bond donors (Lipinski definition) is 1. The average Bonchev–Trinajstić information content (AvgIpc) is 3.07. The Hall–Kier alpha value is -3.12. The Morgan fingerprint density at radius 3 is 2.45 bits per heavy atom. The van der Waals surface area contributed by atoms with Crippen molar-refractivity contribution < 1.29 is 19.4 Å². The average molecular weight is 451 g/mol. The van der Waals surface area contributed by atoms with E-state index in [4.69, 9.17) is 4.74 Å². The molecule has 3 rings (SSSR count). The Morgan fingerprint density at radius 1 is 1.09 bits per heavy atom. The molecule has 33 heavy (non-hydrogen) atoms. The van der Waals surface area contributed by atoms with Crippen molar-refractivity contribution >= 4 is 17.4 Å². The van der Waals surface area contributed by atoms with Crippen molar-refractivity contribution in [3.05, 3.63) is 70.3 Å². The number of benzene rings is 2. The van der Waals surface area contributed by atoms with Crippen molar-refractivity contribution in [3.8, 4) is 5.75 Å². The van der Waals surface area contributed by atoms with E-state index in [2.05, 4.69) is 18.7 Å². The fourth-order valence-corrected chi connectivity index (χ4v) is 4.47. The van der Waals surface area contributed by atoms with E-state index in [-0.39, 0.29) is 11.3 Å². The minimum atomic E-state index is -0.710. The van der Waals surface area contributed by atoms with Crippen LogP contribution in [0.15, 0.2) is 48.0 Å². The minimum Gasteiger partial charge on any atom is -0.507 e. The topological polar surface area (TPSA) is 70.1 Å². The van der Waals surface area contributed by atoms with Gasteiger partial charge < -0.3 is 19.6 Å². The van der Waals surface area contributed by atoms with Gasteiger partial charge in [-0.3, -0.25) is 9.59 Å². The molecule has 1 aliphatic heterocycles. The summed E-state index contributed by atoms with van der Waals surface area (Å²) in [5, 5.41) is 11.3. The Kier molecular flexibility index (Phi) is 7.92. The third-order valence-corrected chi connectivity index (χ3v) is 6.39. The van der Waals surface area contributed by atoms with Crippen molar-refractivity contribution in [2.24, 2.45) is 0 Å². The number of hydrogen-bond acceptors (Lipinski definition) is 5. The van der Waals surface area contributed by atoms with Gasteiger partial charge in [0.05, 0.1) is 18.7 Å². The first-order valence-electron chi connectivity index (χ1n) is 11.5. The Bertz CT molecular complexity index is 1060. The molecule has 2 aromatic carbocycles. The van der Waals surface area contributed by atoms with Crippen LogP contribution >= 0.6 is 0 Å². The van der Waals surface area contributed by atoms with Crippen LogP contribution in [0.5, 0.6) is 5.75 Å². The SMILES string of the molecule is CCN(CC)CCCN1C(=O)C(=O)/C(=C(/O)c2cc(C)ccc2C)C1c1ccccc1OC.